The van der Waals surface area contributed by atoms with Crippen LogP contribution >= 0.6 is 15.9 Å². The summed E-state index contributed by atoms with van der Waals surface area (Å²) in [5, 5.41) is 9.25. The van der Waals surface area contributed by atoms with Crippen molar-refractivity contribution in [2.45, 2.75) is 19.0 Å². The van der Waals surface area contributed by atoms with E-state index in [0.717, 1.165) is 29.7 Å². The number of halogens is 1. The lowest BCUT2D eigenvalue weighted by molar-refractivity contribution is -0.120. The summed E-state index contributed by atoms with van der Waals surface area (Å²) in [6.07, 6.45) is 2.60. The highest BCUT2D eigenvalue weighted by atomic mass is 79.9. The fraction of sp³-hybridized carbons (Fsp3) is 0.368. The first-order valence-electron chi connectivity index (χ1n) is 8.91. The Morgan fingerprint density at radius 2 is 2.11 bits per heavy atom. The van der Waals surface area contributed by atoms with E-state index in [2.05, 4.69) is 66.0 Å². The maximum atomic E-state index is 12.0. The van der Waals surface area contributed by atoms with Gasteiger partial charge in [0.05, 0.1) is 19.4 Å². The van der Waals surface area contributed by atoms with Crippen LogP contribution < -0.4 is 20.9 Å². The van der Waals surface area contributed by atoms with Gasteiger partial charge in [0.1, 0.15) is 5.76 Å². The summed E-state index contributed by atoms with van der Waals surface area (Å²) in [4.78, 5) is 18.5. The largest absolute Gasteiger partial charge is 0.467 e. The highest BCUT2D eigenvalue weighted by Gasteiger charge is 2.23. The number of hydrogen-bond donors (Lipinski definition) is 3. The molecular weight excluding hydrogens is 410 g/mol. The lowest BCUT2D eigenvalue weighted by Crippen LogP contribution is -2.47. The fourth-order valence-electron chi connectivity index (χ4n) is 2.98. The van der Waals surface area contributed by atoms with Crippen LogP contribution in [-0.4, -0.2) is 44.6 Å². The number of hydrogen-bond acceptors (Lipinski definition) is 4. The number of benzene rings is 1. The van der Waals surface area contributed by atoms with Gasteiger partial charge in [-0.05, 0) is 42.8 Å². The molecule has 1 aliphatic heterocycles. The van der Waals surface area contributed by atoms with Crippen LogP contribution in [0.25, 0.3) is 0 Å². The van der Waals surface area contributed by atoms with Gasteiger partial charge in [0, 0.05) is 36.3 Å². The van der Waals surface area contributed by atoms with Crippen molar-refractivity contribution >= 4 is 33.5 Å². The van der Waals surface area contributed by atoms with Crippen LogP contribution in [0.2, 0.25) is 0 Å². The molecular formula is C19H24BrN5O2. The number of nitrogens with zero attached hydrogens (tertiary/aromatic N) is 2. The van der Waals surface area contributed by atoms with E-state index in [-0.39, 0.29) is 18.5 Å². The van der Waals surface area contributed by atoms with Crippen molar-refractivity contribution in [2.75, 3.05) is 31.6 Å². The smallest absolute Gasteiger partial charge is 0.239 e. The Morgan fingerprint density at radius 1 is 1.30 bits per heavy atom. The van der Waals surface area contributed by atoms with Crippen LogP contribution in [-0.2, 0) is 11.3 Å². The monoisotopic (exact) mass is 433 g/mol. The Hall–Kier alpha value is -2.48. The van der Waals surface area contributed by atoms with Crippen LogP contribution in [0.15, 0.2) is 56.5 Å². The lowest BCUT2D eigenvalue weighted by atomic mass is 10.3. The predicted molar refractivity (Wildman–Crippen MR) is 110 cm³/mol. The molecule has 0 bridgehead atoms. The van der Waals surface area contributed by atoms with E-state index in [0.29, 0.717) is 12.5 Å². The second-order valence-electron chi connectivity index (χ2n) is 6.33. The Kier molecular flexibility index (Phi) is 6.75. The number of carbonyl (C=O) groups is 1. The molecule has 1 aromatic carbocycles. The number of guanidine groups is 1. The van der Waals surface area contributed by atoms with Gasteiger partial charge in [-0.15, -0.1) is 0 Å². The van der Waals surface area contributed by atoms with E-state index in [9.17, 15) is 4.79 Å². The number of rotatable bonds is 6. The summed E-state index contributed by atoms with van der Waals surface area (Å²) < 4.78 is 6.27. The molecule has 2 heterocycles. The number of amides is 1. The van der Waals surface area contributed by atoms with E-state index in [1.165, 1.54) is 5.69 Å². The summed E-state index contributed by atoms with van der Waals surface area (Å²) in [7, 11) is 1.71. The molecule has 1 saturated heterocycles. The molecule has 8 heteroatoms. The maximum absolute atomic E-state index is 12.0. The van der Waals surface area contributed by atoms with E-state index in [1.807, 2.05) is 6.07 Å². The van der Waals surface area contributed by atoms with Gasteiger partial charge < -0.3 is 25.3 Å². The van der Waals surface area contributed by atoms with Gasteiger partial charge in [0.15, 0.2) is 5.96 Å². The molecule has 1 unspecified atom stereocenters. The first-order chi connectivity index (χ1) is 13.1. The predicted octanol–water partition coefficient (Wildman–Crippen LogP) is 2.10. The number of aliphatic imine (C=N–C) groups is 1. The molecule has 1 aromatic heterocycles. The summed E-state index contributed by atoms with van der Waals surface area (Å²) in [6, 6.07) is 12.2. The van der Waals surface area contributed by atoms with Crippen molar-refractivity contribution in [3.05, 3.63) is 52.9 Å². The third-order valence-electron chi connectivity index (χ3n) is 4.40. The number of nitrogens with one attached hydrogen (secondary N) is 3. The summed E-state index contributed by atoms with van der Waals surface area (Å²) in [6.45, 7) is 2.42. The highest BCUT2D eigenvalue weighted by Crippen LogP contribution is 2.22. The van der Waals surface area contributed by atoms with Gasteiger partial charge in [-0.3, -0.25) is 9.79 Å². The Labute approximate surface area is 167 Å². The third-order valence-corrected chi connectivity index (χ3v) is 4.93. The van der Waals surface area contributed by atoms with Crippen LogP contribution in [0.1, 0.15) is 12.2 Å². The molecule has 3 rings (SSSR count). The molecule has 0 saturated carbocycles. The molecule has 1 atom stereocenters. The minimum atomic E-state index is -0.114. The molecule has 0 radical (unpaired) electrons. The van der Waals surface area contributed by atoms with Crippen LogP contribution in [0.4, 0.5) is 5.69 Å². The second kappa shape index (κ2) is 9.45. The minimum absolute atomic E-state index is 0.114. The SMILES string of the molecule is CN=C(NCC(=O)NCc1ccco1)NC1CCN(c2ccc(Br)cc2)C1. The zero-order chi connectivity index (χ0) is 19.1. The number of furan rings is 1. The van der Waals surface area contributed by atoms with Gasteiger partial charge in [0.2, 0.25) is 5.91 Å². The molecule has 2 aromatic rings. The first-order valence-corrected chi connectivity index (χ1v) is 9.70. The minimum Gasteiger partial charge on any atom is -0.467 e. The Balaban J connectivity index is 1.41. The van der Waals surface area contributed by atoms with Gasteiger partial charge in [-0.2, -0.15) is 0 Å². The Morgan fingerprint density at radius 3 is 2.81 bits per heavy atom. The first kappa shape index (κ1) is 19.3. The number of anilines is 1. The third kappa shape index (κ3) is 5.75. The highest BCUT2D eigenvalue weighted by molar-refractivity contribution is 9.10. The average Bonchev–Trinajstić information content (AvgIpc) is 3.36. The molecule has 1 amide bonds. The van der Waals surface area contributed by atoms with Crippen molar-refractivity contribution in [1.82, 2.24) is 16.0 Å². The zero-order valence-electron chi connectivity index (χ0n) is 15.2. The van der Waals surface area contributed by atoms with E-state index >= 15 is 0 Å². The van der Waals surface area contributed by atoms with Crippen molar-refractivity contribution in [3.63, 3.8) is 0 Å². The van der Waals surface area contributed by atoms with E-state index in [1.54, 1.807) is 19.4 Å². The molecule has 27 heavy (non-hydrogen) atoms. The van der Waals surface area contributed by atoms with Gasteiger partial charge in [-0.25, -0.2) is 0 Å². The van der Waals surface area contributed by atoms with E-state index in [4.69, 9.17) is 4.42 Å². The normalized spacial score (nSPS) is 17.0. The topological polar surface area (TPSA) is 81.9 Å². The van der Waals surface area contributed by atoms with Crippen LogP contribution in [0, 0.1) is 0 Å². The van der Waals surface area contributed by atoms with Gasteiger partial charge >= 0.3 is 0 Å². The van der Waals surface area contributed by atoms with E-state index < -0.39 is 0 Å². The van der Waals surface area contributed by atoms with Crippen LogP contribution in [0.3, 0.4) is 0 Å². The van der Waals surface area contributed by atoms with Crippen molar-refractivity contribution < 1.29 is 9.21 Å². The average molecular weight is 434 g/mol. The van der Waals surface area contributed by atoms with Crippen molar-refractivity contribution in [1.29, 1.82) is 0 Å². The van der Waals surface area contributed by atoms with Crippen LogP contribution in [0.5, 0.6) is 0 Å². The van der Waals surface area contributed by atoms with Crippen molar-refractivity contribution in [3.8, 4) is 0 Å². The second-order valence-corrected chi connectivity index (χ2v) is 7.25. The number of carbonyl (C=O) groups excluding carboxylic acids is 1. The molecule has 7 nitrogen and oxygen atoms in total. The van der Waals surface area contributed by atoms with Gasteiger partial charge in [-0.1, -0.05) is 15.9 Å². The molecule has 3 N–H and O–H groups in total. The summed E-state index contributed by atoms with van der Waals surface area (Å²) in [5.74, 6) is 1.24. The standard InChI is InChI=1S/C19H24BrN5O2/c1-21-19(23-12-18(26)22-11-17-3-2-10-27-17)24-15-8-9-25(13-15)16-6-4-14(20)5-7-16/h2-7,10,15H,8-9,11-13H2,1H3,(H,22,26)(H2,21,23,24). The molecule has 1 aliphatic rings. The summed E-state index contributed by atoms with van der Waals surface area (Å²) in [5.41, 5.74) is 1.21. The zero-order valence-corrected chi connectivity index (χ0v) is 16.8. The van der Waals surface area contributed by atoms with Gasteiger partial charge in [0.25, 0.3) is 0 Å². The molecule has 0 aliphatic carbocycles. The fourth-order valence-corrected chi connectivity index (χ4v) is 3.24. The molecule has 1 fully saturated rings. The molecule has 0 spiro atoms. The lowest BCUT2D eigenvalue weighted by Gasteiger charge is -2.20. The molecule has 144 valence electrons. The quantitative estimate of drug-likeness (QED) is 0.479. The van der Waals surface area contributed by atoms with Crippen molar-refractivity contribution in [2.24, 2.45) is 4.99 Å². The Bertz CT molecular complexity index is 761. The maximum Gasteiger partial charge on any atom is 0.239 e. The summed E-state index contributed by atoms with van der Waals surface area (Å²) >= 11 is 3.47.